The van der Waals surface area contributed by atoms with Gasteiger partial charge in [-0.3, -0.25) is 0 Å². The van der Waals surface area contributed by atoms with Crippen molar-refractivity contribution >= 4 is 22.1 Å². The van der Waals surface area contributed by atoms with Crippen LogP contribution < -0.4 is 5.73 Å². The largest absolute Gasteiger partial charge is 0.383 e. The molecule has 0 saturated heterocycles. The molecule has 0 unspecified atom stereocenters. The van der Waals surface area contributed by atoms with Gasteiger partial charge in [-0.05, 0) is 43.5 Å². The van der Waals surface area contributed by atoms with Gasteiger partial charge in [0, 0.05) is 10.9 Å². The van der Waals surface area contributed by atoms with Gasteiger partial charge in [-0.15, -0.1) is 16.4 Å². The molecule has 3 aromatic rings. The van der Waals surface area contributed by atoms with Crippen molar-refractivity contribution in [2.24, 2.45) is 0 Å². The van der Waals surface area contributed by atoms with Gasteiger partial charge in [-0.25, -0.2) is 0 Å². The highest BCUT2D eigenvalue weighted by atomic mass is 32.1. The highest BCUT2D eigenvalue weighted by Gasteiger charge is 2.12. The molecule has 2 aromatic heterocycles. The summed E-state index contributed by atoms with van der Waals surface area (Å²) >= 11 is 1.51. The number of hydrogen-bond donors (Lipinski definition) is 1. The zero-order valence-corrected chi connectivity index (χ0v) is 11.4. The van der Waals surface area contributed by atoms with Gasteiger partial charge in [-0.2, -0.15) is 9.50 Å². The number of aryl methyl sites for hydroxylation is 3. The predicted octanol–water partition coefficient (Wildman–Crippen LogP) is 2.97. The molecule has 2 N–H and O–H groups in total. The van der Waals surface area contributed by atoms with Crippen molar-refractivity contribution in [2.75, 3.05) is 5.73 Å². The topological polar surface area (TPSA) is 56.2 Å². The van der Waals surface area contributed by atoms with Crippen LogP contribution in [0.3, 0.4) is 0 Å². The Hall–Kier alpha value is -1.88. The molecule has 0 aliphatic heterocycles. The van der Waals surface area contributed by atoms with E-state index in [9.17, 15) is 0 Å². The van der Waals surface area contributed by atoms with Gasteiger partial charge in [0.05, 0.1) is 0 Å². The molecule has 4 nitrogen and oxygen atoms in total. The molecule has 3 rings (SSSR count). The Balaban J connectivity index is 2.22. The number of anilines is 1. The van der Waals surface area contributed by atoms with Crippen molar-refractivity contribution in [1.29, 1.82) is 0 Å². The Morgan fingerprint density at radius 3 is 2.56 bits per heavy atom. The summed E-state index contributed by atoms with van der Waals surface area (Å²) in [4.78, 5) is 5.36. The SMILES string of the molecule is Cc1cc(C)c(-c2nc3scc(N)n3n2)cc1C. The van der Waals surface area contributed by atoms with Crippen LogP contribution in [0.15, 0.2) is 17.5 Å². The molecule has 0 radical (unpaired) electrons. The second-order valence-electron chi connectivity index (χ2n) is 4.54. The van der Waals surface area contributed by atoms with Crippen LogP contribution in [0.4, 0.5) is 5.82 Å². The van der Waals surface area contributed by atoms with E-state index in [-0.39, 0.29) is 0 Å². The van der Waals surface area contributed by atoms with Crippen molar-refractivity contribution < 1.29 is 0 Å². The highest BCUT2D eigenvalue weighted by molar-refractivity contribution is 7.15. The van der Waals surface area contributed by atoms with E-state index in [2.05, 4.69) is 43.0 Å². The maximum Gasteiger partial charge on any atom is 0.214 e. The summed E-state index contributed by atoms with van der Waals surface area (Å²) in [6.07, 6.45) is 0. The Kier molecular flexibility index (Phi) is 2.38. The molecule has 18 heavy (non-hydrogen) atoms. The summed E-state index contributed by atoms with van der Waals surface area (Å²) in [5, 5.41) is 6.32. The van der Waals surface area contributed by atoms with Gasteiger partial charge < -0.3 is 5.73 Å². The summed E-state index contributed by atoms with van der Waals surface area (Å²) < 4.78 is 1.69. The third-order valence-electron chi connectivity index (χ3n) is 3.19. The van der Waals surface area contributed by atoms with E-state index in [1.165, 1.54) is 28.0 Å². The van der Waals surface area contributed by atoms with Crippen molar-refractivity contribution in [1.82, 2.24) is 14.6 Å². The van der Waals surface area contributed by atoms with Crippen molar-refractivity contribution in [3.8, 4) is 11.4 Å². The fourth-order valence-electron chi connectivity index (χ4n) is 2.02. The molecule has 0 spiro atoms. The molecule has 2 heterocycles. The smallest absolute Gasteiger partial charge is 0.214 e. The van der Waals surface area contributed by atoms with E-state index in [1.54, 1.807) is 4.52 Å². The summed E-state index contributed by atoms with van der Waals surface area (Å²) in [7, 11) is 0. The quantitative estimate of drug-likeness (QED) is 0.730. The van der Waals surface area contributed by atoms with Crippen LogP contribution in [0.5, 0.6) is 0 Å². The minimum Gasteiger partial charge on any atom is -0.383 e. The van der Waals surface area contributed by atoms with Gasteiger partial charge in [0.15, 0.2) is 5.82 Å². The molecule has 0 amide bonds. The molecule has 0 bridgehead atoms. The van der Waals surface area contributed by atoms with Crippen molar-refractivity contribution in [3.05, 3.63) is 34.2 Å². The third kappa shape index (κ3) is 1.59. The summed E-state index contributed by atoms with van der Waals surface area (Å²) in [6, 6.07) is 4.31. The molecule has 0 aliphatic carbocycles. The first kappa shape index (κ1) is 11.2. The monoisotopic (exact) mass is 258 g/mol. The van der Waals surface area contributed by atoms with Gasteiger partial charge in [0.25, 0.3) is 0 Å². The standard InChI is InChI=1S/C13H14N4S/c1-7-4-9(3)10(5-8(7)2)12-15-13-17(16-12)11(14)6-18-13/h4-6H,14H2,1-3H3. The zero-order chi connectivity index (χ0) is 12.9. The molecule has 0 saturated carbocycles. The average Bonchev–Trinajstić information content (AvgIpc) is 2.87. The van der Waals surface area contributed by atoms with Gasteiger partial charge in [-0.1, -0.05) is 6.07 Å². The van der Waals surface area contributed by atoms with Gasteiger partial charge in [0.1, 0.15) is 5.82 Å². The fraction of sp³-hybridized carbons (Fsp3) is 0.231. The Bertz CT molecular complexity index is 739. The second kappa shape index (κ2) is 3.81. The number of rotatable bonds is 1. The highest BCUT2D eigenvalue weighted by Crippen LogP contribution is 2.26. The van der Waals surface area contributed by atoms with Crippen LogP contribution in [0.25, 0.3) is 16.3 Å². The number of thiazole rings is 1. The van der Waals surface area contributed by atoms with Crippen LogP contribution in [-0.2, 0) is 0 Å². The number of fused-ring (bicyclic) bond motifs is 1. The minimum absolute atomic E-state index is 0.634. The normalized spacial score (nSPS) is 11.3. The summed E-state index contributed by atoms with van der Waals surface area (Å²) in [5.41, 5.74) is 10.6. The Labute approximate surface area is 109 Å². The number of nitrogens with zero attached hydrogens (tertiary/aromatic N) is 3. The van der Waals surface area contributed by atoms with E-state index in [4.69, 9.17) is 5.73 Å². The molecular weight excluding hydrogens is 244 g/mol. The lowest BCUT2D eigenvalue weighted by molar-refractivity contribution is 0.992. The molecule has 1 aromatic carbocycles. The summed E-state index contributed by atoms with van der Waals surface area (Å²) in [5.74, 6) is 1.38. The first-order chi connectivity index (χ1) is 8.56. The van der Waals surface area contributed by atoms with Crippen LogP contribution in [-0.4, -0.2) is 14.6 Å². The zero-order valence-electron chi connectivity index (χ0n) is 10.6. The van der Waals surface area contributed by atoms with Crippen molar-refractivity contribution in [2.45, 2.75) is 20.8 Å². The molecule has 92 valence electrons. The molecule has 0 aliphatic rings. The second-order valence-corrected chi connectivity index (χ2v) is 5.38. The van der Waals surface area contributed by atoms with Gasteiger partial charge >= 0.3 is 0 Å². The molecule has 0 fully saturated rings. The van der Waals surface area contributed by atoms with E-state index < -0.39 is 0 Å². The first-order valence-corrected chi connectivity index (χ1v) is 6.62. The van der Waals surface area contributed by atoms with E-state index in [0.717, 1.165) is 16.3 Å². The van der Waals surface area contributed by atoms with Crippen LogP contribution in [0, 0.1) is 20.8 Å². The van der Waals surface area contributed by atoms with E-state index in [0.29, 0.717) is 5.82 Å². The number of nitrogen functional groups attached to an aromatic ring is 1. The Morgan fingerprint density at radius 2 is 1.83 bits per heavy atom. The molecular formula is C13H14N4S. The van der Waals surface area contributed by atoms with Crippen LogP contribution >= 0.6 is 11.3 Å². The number of aromatic nitrogens is 3. The average molecular weight is 258 g/mol. The lowest BCUT2D eigenvalue weighted by Crippen LogP contribution is -1.94. The first-order valence-electron chi connectivity index (χ1n) is 5.74. The molecule has 5 heteroatoms. The number of hydrogen-bond acceptors (Lipinski definition) is 4. The van der Waals surface area contributed by atoms with Crippen LogP contribution in [0.2, 0.25) is 0 Å². The summed E-state index contributed by atoms with van der Waals surface area (Å²) in [6.45, 7) is 6.30. The fourth-order valence-corrected chi connectivity index (χ4v) is 2.73. The maximum atomic E-state index is 5.83. The maximum absolute atomic E-state index is 5.83. The van der Waals surface area contributed by atoms with Crippen LogP contribution in [0.1, 0.15) is 16.7 Å². The third-order valence-corrected chi connectivity index (χ3v) is 4.02. The minimum atomic E-state index is 0.634. The lowest BCUT2D eigenvalue weighted by Gasteiger charge is -2.06. The van der Waals surface area contributed by atoms with E-state index in [1.807, 2.05) is 5.38 Å². The number of benzene rings is 1. The van der Waals surface area contributed by atoms with E-state index >= 15 is 0 Å². The lowest BCUT2D eigenvalue weighted by atomic mass is 10.0. The molecule has 0 atom stereocenters. The van der Waals surface area contributed by atoms with Crippen molar-refractivity contribution in [3.63, 3.8) is 0 Å². The number of nitrogens with two attached hydrogens (primary N) is 1. The van der Waals surface area contributed by atoms with Gasteiger partial charge in [0.2, 0.25) is 4.96 Å². The Morgan fingerprint density at radius 1 is 1.11 bits per heavy atom. The predicted molar refractivity (Wildman–Crippen MR) is 74.9 cm³/mol.